The van der Waals surface area contributed by atoms with Gasteiger partial charge in [-0.1, -0.05) is 11.6 Å². The van der Waals surface area contributed by atoms with Gasteiger partial charge in [0.2, 0.25) is 5.91 Å². The Bertz CT molecular complexity index is 771. The molecule has 0 atom stereocenters. The summed E-state index contributed by atoms with van der Waals surface area (Å²) in [6, 6.07) is 5.60. The lowest BCUT2D eigenvalue weighted by molar-refractivity contribution is -0.120. The van der Waals surface area contributed by atoms with Crippen LogP contribution in [0.2, 0.25) is 5.02 Å². The number of halogens is 1. The zero-order chi connectivity index (χ0) is 16.6. The minimum atomic E-state index is 0.201. The number of anilines is 1. The van der Waals surface area contributed by atoms with Crippen LogP contribution in [0.3, 0.4) is 0 Å². The lowest BCUT2D eigenvalue weighted by atomic mass is 9.73. The van der Waals surface area contributed by atoms with E-state index in [0.29, 0.717) is 16.9 Å². The van der Waals surface area contributed by atoms with Crippen LogP contribution in [-0.4, -0.2) is 35.5 Å². The van der Waals surface area contributed by atoms with Crippen molar-refractivity contribution in [2.75, 3.05) is 24.5 Å². The van der Waals surface area contributed by atoms with Crippen molar-refractivity contribution in [2.45, 2.75) is 32.1 Å². The van der Waals surface area contributed by atoms with E-state index in [0.717, 1.165) is 62.2 Å². The normalized spacial score (nSPS) is 20.9. The van der Waals surface area contributed by atoms with Crippen molar-refractivity contribution >= 4 is 34.4 Å². The molecule has 2 aliphatic heterocycles. The number of carbonyl (C=O) groups is 1. The highest BCUT2D eigenvalue weighted by Gasteiger charge is 2.36. The Morgan fingerprint density at radius 1 is 1.12 bits per heavy atom. The minimum Gasteiger partial charge on any atom is -0.356 e. The van der Waals surface area contributed by atoms with Gasteiger partial charge in [-0.25, -0.2) is 4.98 Å². The van der Waals surface area contributed by atoms with Crippen molar-refractivity contribution in [1.29, 1.82) is 0 Å². The van der Waals surface area contributed by atoms with Crippen LogP contribution in [0.4, 0.5) is 5.82 Å². The number of nitrogens with one attached hydrogen (secondary N) is 1. The largest absolute Gasteiger partial charge is 0.356 e. The van der Waals surface area contributed by atoms with Crippen molar-refractivity contribution in [3.05, 3.63) is 29.4 Å². The van der Waals surface area contributed by atoms with Crippen molar-refractivity contribution in [3.8, 4) is 0 Å². The predicted molar refractivity (Wildman–Crippen MR) is 95.3 cm³/mol. The summed E-state index contributed by atoms with van der Waals surface area (Å²) in [5.74, 6) is 1.12. The Balaban J connectivity index is 1.50. The second-order valence-corrected chi connectivity index (χ2v) is 7.38. The van der Waals surface area contributed by atoms with E-state index in [4.69, 9.17) is 16.6 Å². The molecule has 0 unspecified atom stereocenters. The molecule has 1 aromatic carbocycles. The molecule has 1 aromatic heterocycles. The summed E-state index contributed by atoms with van der Waals surface area (Å²) in [5, 5.41) is 3.68. The van der Waals surface area contributed by atoms with Gasteiger partial charge in [0.1, 0.15) is 5.82 Å². The fourth-order valence-corrected chi connectivity index (χ4v) is 4.06. The van der Waals surface area contributed by atoms with Crippen molar-refractivity contribution in [1.82, 2.24) is 15.3 Å². The first-order chi connectivity index (χ1) is 11.6. The summed E-state index contributed by atoms with van der Waals surface area (Å²) in [6.07, 6.45) is 6.83. The van der Waals surface area contributed by atoms with E-state index in [1.807, 2.05) is 24.4 Å². The first-order valence-electron chi connectivity index (χ1n) is 8.58. The first kappa shape index (κ1) is 15.6. The second-order valence-electron chi connectivity index (χ2n) is 6.95. The fourth-order valence-electron chi connectivity index (χ4n) is 3.90. The van der Waals surface area contributed by atoms with Crippen LogP contribution in [0.15, 0.2) is 24.4 Å². The lowest BCUT2D eigenvalue weighted by Gasteiger charge is -2.41. The van der Waals surface area contributed by atoms with Crippen molar-refractivity contribution < 1.29 is 4.79 Å². The Labute approximate surface area is 146 Å². The molecule has 0 saturated carbocycles. The van der Waals surface area contributed by atoms with E-state index in [9.17, 15) is 4.79 Å². The highest BCUT2D eigenvalue weighted by Crippen LogP contribution is 2.41. The van der Waals surface area contributed by atoms with Crippen LogP contribution >= 0.6 is 11.6 Å². The highest BCUT2D eigenvalue weighted by molar-refractivity contribution is 6.31. The third kappa shape index (κ3) is 3.05. The van der Waals surface area contributed by atoms with Crippen LogP contribution in [0.25, 0.3) is 11.0 Å². The van der Waals surface area contributed by atoms with Gasteiger partial charge in [0.05, 0.1) is 17.2 Å². The number of benzene rings is 1. The minimum absolute atomic E-state index is 0.201. The summed E-state index contributed by atoms with van der Waals surface area (Å²) in [7, 11) is 0. The van der Waals surface area contributed by atoms with Crippen LogP contribution in [0.5, 0.6) is 0 Å². The molecule has 4 rings (SSSR count). The van der Waals surface area contributed by atoms with Crippen LogP contribution in [0.1, 0.15) is 32.1 Å². The van der Waals surface area contributed by atoms with Gasteiger partial charge < -0.3 is 10.2 Å². The van der Waals surface area contributed by atoms with Crippen LogP contribution in [0, 0.1) is 5.41 Å². The molecule has 1 N–H and O–H groups in total. The number of piperidine rings is 1. The standard InChI is InChI=1S/C18H21ClN4O/c19-13-1-2-14-15(11-13)22-16(12-21-14)23-9-6-18(7-10-23)4-3-17(24)20-8-5-18/h1-2,11-12H,3-10H2,(H,20,24). The molecule has 0 radical (unpaired) electrons. The molecular weight excluding hydrogens is 324 g/mol. The number of carbonyl (C=O) groups excluding carboxylic acids is 1. The molecule has 2 saturated heterocycles. The van der Waals surface area contributed by atoms with Crippen LogP contribution < -0.4 is 10.2 Å². The third-order valence-corrected chi connectivity index (χ3v) is 5.73. The van der Waals surface area contributed by atoms with Gasteiger partial charge >= 0.3 is 0 Å². The zero-order valence-electron chi connectivity index (χ0n) is 13.6. The van der Waals surface area contributed by atoms with E-state index in [2.05, 4.69) is 15.2 Å². The molecule has 2 aliphatic rings. The molecule has 6 heteroatoms. The predicted octanol–water partition coefficient (Wildman–Crippen LogP) is 3.17. The number of rotatable bonds is 1. The maximum absolute atomic E-state index is 11.6. The van der Waals surface area contributed by atoms with Gasteiger partial charge in [-0.15, -0.1) is 0 Å². The van der Waals surface area contributed by atoms with Crippen molar-refractivity contribution in [3.63, 3.8) is 0 Å². The molecule has 5 nitrogen and oxygen atoms in total. The number of hydrogen-bond donors (Lipinski definition) is 1. The topological polar surface area (TPSA) is 58.1 Å². The molecule has 1 amide bonds. The summed E-state index contributed by atoms with van der Waals surface area (Å²) in [4.78, 5) is 23.1. The molecule has 24 heavy (non-hydrogen) atoms. The average molecular weight is 345 g/mol. The number of hydrogen-bond acceptors (Lipinski definition) is 4. The number of fused-ring (bicyclic) bond motifs is 1. The average Bonchev–Trinajstić information content (AvgIpc) is 2.77. The summed E-state index contributed by atoms with van der Waals surface area (Å²) in [5.41, 5.74) is 2.01. The van der Waals surface area contributed by atoms with E-state index >= 15 is 0 Å². The van der Waals surface area contributed by atoms with E-state index in [-0.39, 0.29) is 5.91 Å². The number of aromatic nitrogens is 2. The second kappa shape index (κ2) is 6.20. The SMILES string of the molecule is O=C1CCC2(CCN1)CCN(c1cnc3ccc(Cl)cc3n1)CC2. The molecule has 2 aromatic rings. The fraction of sp³-hybridized carbons (Fsp3) is 0.500. The van der Waals surface area contributed by atoms with Gasteiger partial charge in [-0.2, -0.15) is 0 Å². The summed E-state index contributed by atoms with van der Waals surface area (Å²) < 4.78 is 0. The summed E-state index contributed by atoms with van der Waals surface area (Å²) >= 11 is 6.07. The maximum Gasteiger partial charge on any atom is 0.220 e. The molecule has 126 valence electrons. The lowest BCUT2D eigenvalue weighted by Crippen LogP contribution is -2.41. The molecule has 0 aliphatic carbocycles. The van der Waals surface area contributed by atoms with Gasteiger partial charge in [-0.3, -0.25) is 9.78 Å². The van der Waals surface area contributed by atoms with Gasteiger partial charge in [-0.05, 0) is 49.3 Å². The molecule has 0 bridgehead atoms. The Kier molecular flexibility index (Phi) is 4.04. The monoisotopic (exact) mass is 344 g/mol. The Morgan fingerprint density at radius 2 is 1.96 bits per heavy atom. The van der Waals surface area contributed by atoms with E-state index in [1.165, 1.54) is 0 Å². The molecule has 1 spiro atoms. The zero-order valence-corrected chi connectivity index (χ0v) is 14.4. The van der Waals surface area contributed by atoms with Gasteiger partial charge in [0.25, 0.3) is 0 Å². The maximum atomic E-state index is 11.6. The highest BCUT2D eigenvalue weighted by atomic mass is 35.5. The smallest absolute Gasteiger partial charge is 0.220 e. The van der Waals surface area contributed by atoms with E-state index < -0.39 is 0 Å². The molecule has 2 fully saturated rings. The molecule has 3 heterocycles. The first-order valence-corrected chi connectivity index (χ1v) is 8.95. The Morgan fingerprint density at radius 3 is 2.79 bits per heavy atom. The van der Waals surface area contributed by atoms with Gasteiger partial charge in [0, 0.05) is 31.1 Å². The molecular formula is C18H21ClN4O. The number of nitrogens with zero attached hydrogens (tertiary/aromatic N) is 3. The van der Waals surface area contributed by atoms with Crippen LogP contribution in [-0.2, 0) is 4.79 Å². The third-order valence-electron chi connectivity index (χ3n) is 5.50. The number of amides is 1. The quantitative estimate of drug-likeness (QED) is 0.863. The van der Waals surface area contributed by atoms with E-state index in [1.54, 1.807) is 0 Å². The Hall–Kier alpha value is -1.88. The van der Waals surface area contributed by atoms with Crippen molar-refractivity contribution in [2.24, 2.45) is 5.41 Å². The van der Waals surface area contributed by atoms with Gasteiger partial charge in [0.15, 0.2) is 0 Å². The summed E-state index contributed by atoms with van der Waals surface area (Å²) in [6.45, 7) is 2.75.